The summed E-state index contributed by atoms with van der Waals surface area (Å²) < 4.78 is 0. The number of H-pyrrole nitrogens is 1. The number of imidazole rings is 1. The maximum atomic E-state index is 12.5. The van der Waals surface area contributed by atoms with Gasteiger partial charge in [-0.05, 0) is 13.5 Å². The van der Waals surface area contributed by atoms with Crippen molar-refractivity contribution >= 4 is 34.4 Å². The Kier molecular flexibility index (Phi) is 9.07. The molecular weight excluding hydrogens is 346 g/mol. The minimum Gasteiger partial charge on any atom is -0.481 e. The molecule has 1 heterocycles. The first-order valence-electron chi connectivity index (χ1n) is 7.91. The molecule has 25 heavy (non-hydrogen) atoms. The summed E-state index contributed by atoms with van der Waals surface area (Å²) in [5.41, 5.74) is 6.09. The standard InChI is InChI=1S/C16H23N3O5S/c1-10(20)4-12(15(22)23)8-25-16(24)11(6-14(21)2-3-17)5-13-7-18-9-19-13/h7,9,11-12H,2-6,8,17H2,1H3,(H,18,19)(H,22,23)/t11-,12?/m1/s1. The lowest BCUT2D eigenvalue weighted by Gasteiger charge is -2.15. The van der Waals surface area contributed by atoms with E-state index in [4.69, 9.17) is 10.8 Å². The number of rotatable bonds is 12. The number of nitrogens with two attached hydrogens (primary N) is 1. The van der Waals surface area contributed by atoms with E-state index < -0.39 is 17.8 Å². The van der Waals surface area contributed by atoms with Crippen molar-refractivity contribution in [1.82, 2.24) is 9.97 Å². The van der Waals surface area contributed by atoms with Crippen LogP contribution in [0, 0.1) is 11.8 Å². The number of nitrogens with one attached hydrogen (secondary N) is 1. The van der Waals surface area contributed by atoms with Crippen molar-refractivity contribution in [3.05, 3.63) is 18.2 Å². The summed E-state index contributed by atoms with van der Waals surface area (Å²) in [5.74, 6) is -2.97. The Morgan fingerprint density at radius 1 is 1.28 bits per heavy atom. The maximum absolute atomic E-state index is 12.5. The van der Waals surface area contributed by atoms with Crippen molar-refractivity contribution in [2.75, 3.05) is 12.3 Å². The largest absolute Gasteiger partial charge is 0.481 e. The molecular formula is C16H23N3O5S. The molecule has 0 spiro atoms. The van der Waals surface area contributed by atoms with Crippen molar-refractivity contribution in [1.29, 1.82) is 0 Å². The van der Waals surface area contributed by atoms with Crippen LogP contribution in [0.25, 0.3) is 0 Å². The highest BCUT2D eigenvalue weighted by Gasteiger charge is 2.26. The van der Waals surface area contributed by atoms with Gasteiger partial charge in [0.05, 0.1) is 12.2 Å². The number of carboxylic acid groups (broad SMARTS) is 1. The lowest BCUT2D eigenvalue weighted by Crippen LogP contribution is -2.24. The summed E-state index contributed by atoms with van der Waals surface area (Å²) in [7, 11) is 0. The smallest absolute Gasteiger partial charge is 0.307 e. The van der Waals surface area contributed by atoms with E-state index in [9.17, 15) is 19.2 Å². The average Bonchev–Trinajstić information content (AvgIpc) is 3.03. The summed E-state index contributed by atoms with van der Waals surface area (Å²) in [5, 5.41) is 8.87. The first kappa shape index (κ1) is 21.0. The summed E-state index contributed by atoms with van der Waals surface area (Å²) in [6, 6.07) is 0. The Balaban J connectivity index is 2.71. The van der Waals surface area contributed by atoms with Gasteiger partial charge in [0.15, 0.2) is 5.12 Å². The normalized spacial score (nSPS) is 13.2. The highest BCUT2D eigenvalue weighted by atomic mass is 32.2. The second-order valence-electron chi connectivity index (χ2n) is 5.83. The molecule has 0 amide bonds. The Labute approximate surface area is 150 Å². The van der Waals surface area contributed by atoms with Crippen LogP contribution < -0.4 is 5.73 Å². The van der Waals surface area contributed by atoms with Crippen molar-refractivity contribution in [2.45, 2.75) is 32.6 Å². The van der Waals surface area contributed by atoms with E-state index in [1.807, 2.05) is 0 Å². The number of aromatic nitrogens is 2. The van der Waals surface area contributed by atoms with Crippen molar-refractivity contribution in [3.63, 3.8) is 0 Å². The topological polar surface area (TPSA) is 143 Å². The number of hydrogen-bond acceptors (Lipinski definition) is 7. The number of aromatic amines is 1. The number of carbonyl (C=O) groups excluding carboxylic acids is 3. The van der Waals surface area contributed by atoms with Crippen molar-refractivity contribution in [2.24, 2.45) is 17.6 Å². The minimum atomic E-state index is -1.11. The van der Waals surface area contributed by atoms with Crippen LogP contribution in [-0.2, 0) is 25.6 Å². The van der Waals surface area contributed by atoms with Crippen molar-refractivity contribution < 1.29 is 24.3 Å². The van der Waals surface area contributed by atoms with Gasteiger partial charge < -0.3 is 20.6 Å². The van der Waals surface area contributed by atoms with Gasteiger partial charge in [-0.25, -0.2) is 4.98 Å². The SMILES string of the molecule is CC(=O)CC(CSC(=O)[C@@H](CC(=O)CCN)Cc1cnc[nH]1)C(=O)O. The number of thioether (sulfide) groups is 1. The molecule has 0 radical (unpaired) electrons. The van der Waals surface area contributed by atoms with Crippen molar-refractivity contribution in [3.8, 4) is 0 Å². The molecule has 138 valence electrons. The van der Waals surface area contributed by atoms with E-state index >= 15 is 0 Å². The Morgan fingerprint density at radius 2 is 2.00 bits per heavy atom. The molecule has 0 aliphatic carbocycles. The number of carboxylic acids is 1. The third kappa shape index (κ3) is 8.08. The molecule has 0 saturated heterocycles. The van der Waals surface area contributed by atoms with Crippen LogP contribution in [-0.4, -0.2) is 50.0 Å². The number of aliphatic carboxylic acids is 1. The Bertz CT molecular complexity index is 603. The third-order valence-corrected chi connectivity index (χ3v) is 4.75. The summed E-state index contributed by atoms with van der Waals surface area (Å²) in [4.78, 5) is 53.5. The average molecular weight is 369 g/mol. The number of ketones is 2. The van der Waals surface area contributed by atoms with Gasteiger partial charge in [-0.2, -0.15) is 0 Å². The van der Waals surface area contributed by atoms with E-state index in [-0.39, 0.29) is 48.2 Å². The fraction of sp³-hybridized carbons (Fsp3) is 0.562. The molecule has 1 unspecified atom stereocenters. The zero-order valence-corrected chi connectivity index (χ0v) is 14.9. The van der Waals surface area contributed by atoms with E-state index in [0.717, 1.165) is 17.5 Å². The van der Waals surface area contributed by atoms with Crippen LogP contribution in [0.4, 0.5) is 0 Å². The van der Waals surface area contributed by atoms with Crippen LogP contribution >= 0.6 is 11.8 Å². The molecule has 0 saturated carbocycles. The van der Waals surface area contributed by atoms with Crippen LogP contribution in [0.3, 0.4) is 0 Å². The Hall–Kier alpha value is -2.00. The molecule has 4 N–H and O–H groups in total. The van der Waals surface area contributed by atoms with Crippen LogP contribution in [0.15, 0.2) is 12.5 Å². The van der Waals surface area contributed by atoms with Crippen LogP contribution in [0.2, 0.25) is 0 Å². The second kappa shape index (κ2) is 10.8. The predicted molar refractivity (Wildman–Crippen MR) is 93.0 cm³/mol. The number of Topliss-reactive ketones (excluding diaryl/α,β-unsaturated/α-hetero) is 2. The van der Waals surface area contributed by atoms with Gasteiger partial charge >= 0.3 is 5.97 Å². The van der Waals surface area contributed by atoms with Gasteiger partial charge in [0, 0.05) is 49.2 Å². The number of hydrogen-bond donors (Lipinski definition) is 3. The quantitative estimate of drug-likeness (QED) is 0.491. The summed E-state index contributed by atoms with van der Waals surface area (Å²) in [6.07, 6.45) is 3.50. The van der Waals surface area contributed by atoms with Gasteiger partial charge in [-0.1, -0.05) is 11.8 Å². The van der Waals surface area contributed by atoms with E-state index in [0.29, 0.717) is 6.42 Å². The first-order chi connectivity index (χ1) is 11.8. The summed E-state index contributed by atoms with van der Waals surface area (Å²) >= 11 is 0.855. The first-order valence-corrected chi connectivity index (χ1v) is 8.90. The third-order valence-electron chi connectivity index (χ3n) is 3.56. The lowest BCUT2D eigenvalue weighted by molar-refractivity contribution is -0.142. The van der Waals surface area contributed by atoms with Gasteiger partial charge in [0.2, 0.25) is 0 Å². The fourth-order valence-corrected chi connectivity index (χ4v) is 3.33. The molecule has 0 aliphatic heterocycles. The van der Waals surface area contributed by atoms with Crippen LogP contribution in [0.5, 0.6) is 0 Å². The number of carbonyl (C=O) groups is 4. The lowest BCUT2D eigenvalue weighted by atomic mass is 9.97. The predicted octanol–water partition coefficient (Wildman–Crippen LogP) is 0.816. The molecule has 9 heteroatoms. The highest BCUT2D eigenvalue weighted by molar-refractivity contribution is 8.13. The van der Waals surface area contributed by atoms with Gasteiger partial charge in [0.25, 0.3) is 0 Å². The van der Waals surface area contributed by atoms with E-state index in [1.54, 1.807) is 6.20 Å². The van der Waals surface area contributed by atoms with Gasteiger partial charge in [-0.3, -0.25) is 14.4 Å². The zero-order valence-electron chi connectivity index (χ0n) is 14.1. The molecule has 0 aliphatic rings. The monoisotopic (exact) mass is 369 g/mol. The highest BCUT2D eigenvalue weighted by Crippen LogP contribution is 2.23. The molecule has 1 aromatic rings. The molecule has 0 bridgehead atoms. The second-order valence-corrected chi connectivity index (χ2v) is 6.86. The molecule has 2 atom stereocenters. The number of nitrogens with zero attached hydrogens (tertiary/aromatic N) is 1. The molecule has 1 rings (SSSR count). The van der Waals surface area contributed by atoms with E-state index in [1.165, 1.54) is 13.3 Å². The van der Waals surface area contributed by atoms with E-state index in [2.05, 4.69) is 9.97 Å². The zero-order chi connectivity index (χ0) is 18.8. The fourth-order valence-electron chi connectivity index (χ4n) is 2.30. The van der Waals surface area contributed by atoms with Crippen LogP contribution in [0.1, 0.15) is 31.9 Å². The molecule has 8 nitrogen and oxygen atoms in total. The molecule has 1 aromatic heterocycles. The molecule has 0 fully saturated rings. The molecule has 0 aromatic carbocycles. The Morgan fingerprint density at radius 3 is 2.52 bits per heavy atom. The van der Waals surface area contributed by atoms with Gasteiger partial charge in [0.1, 0.15) is 11.6 Å². The van der Waals surface area contributed by atoms with Gasteiger partial charge in [-0.15, -0.1) is 0 Å². The minimum absolute atomic E-state index is 0.00168. The summed E-state index contributed by atoms with van der Waals surface area (Å²) in [6.45, 7) is 1.53. The maximum Gasteiger partial charge on any atom is 0.307 e.